The summed E-state index contributed by atoms with van der Waals surface area (Å²) < 4.78 is 0. The number of benzene rings is 1. The van der Waals surface area contributed by atoms with Gasteiger partial charge in [-0.05, 0) is 12.2 Å². The first-order valence-electron chi connectivity index (χ1n) is 6.60. The molecule has 0 saturated carbocycles. The third kappa shape index (κ3) is 3.02. The van der Waals surface area contributed by atoms with Crippen LogP contribution < -0.4 is 16.6 Å². The van der Waals surface area contributed by atoms with E-state index in [0.29, 0.717) is 17.7 Å². The van der Waals surface area contributed by atoms with Gasteiger partial charge in [0.05, 0.1) is 0 Å². The fourth-order valence-corrected chi connectivity index (χ4v) is 3.32. The van der Waals surface area contributed by atoms with Crippen LogP contribution in [0.1, 0.15) is 6.42 Å². The fraction of sp³-hybridized carbons (Fsp3) is 0.286. The summed E-state index contributed by atoms with van der Waals surface area (Å²) in [5.74, 6) is 9.94. The van der Waals surface area contributed by atoms with Crippen LogP contribution in [0.3, 0.4) is 0 Å². The fourth-order valence-electron chi connectivity index (χ4n) is 2.17. The van der Waals surface area contributed by atoms with Crippen LogP contribution in [0.4, 0.5) is 11.6 Å². The third-order valence-corrected chi connectivity index (χ3v) is 4.35. The smallest absolute Gasteiger partial charge is 0.163 e. The Balaban J connectivity index is 1.90. The van der Waals surface area contributed by atoms with Gasteiger partial charge in [-0.15, -0.1) is 0 Å². The van der Waals surface area contributed by atoms with Crippen molar-refractivity contribution in [2.45, 2.75) is 12.5 Å². The Bertz CT molecular complexity index is 569. The summed E-state index contributed by atoms with van der Waals surface area (Å²) in [7, 11) is 0. The van der Waals surface area contributed by atoms with Crippen molar-refractivity contribution in [3.63, 3.8) is 0 Å². The summed E-state index contributed by atoms with van der Waals surface area (Å²) >= 11 is 1.97. The summed E-state index contributed by atoms with van der Waals surface area (Å²) in [4.78, 5) is 8.99. The highest BCUT2D eigenvalue weighted by Crippen LogP contribution is 2.23. The van der Waals surface area contributed by atoms with Crippen molar-refractivity contribution in [3.8, 4) is 11.4 Å². The standard InChI is InChI=1S/C14H17N5S/c15-19-13-8-12(16-11-6-7-20-9-11)17-14(18-13)10-4-2-1-3-5-10/h1-5,8,11H,6-7,9,15H2,(H2,16,17,18,19). The van der Waals surface area contributed by atoms with Gasteiger partial charge in [0.25, 0.3) is 0 Å². The molecule has 0 amide bonds. The van der Waals surface area contributed by atoms with E-state index in [1.165, 1.54) is 12.2 Å². The second-order valence-electron chi connectivity index (χ2n) is 4.68. The van der Waals surface area contributed by atoms with Gasteiger partial charge in [0.15, 0.2) is 5.82 Å². The molecule has 1 aromatic carbocycles. The summed E-state index contributed by atoms with van der Waals surface area (Å²) in [5, 5.41) is 3.46. The largest absolute Gasteiger partial charge is 0.366 e. The van der Waals surface area contributed by atoms with E-state index in [0.717, 1.165) is 17.1 Å². The minimum atomic E-state index is 0.476. The molecule has 1 aliphatic heterocycles. The van der Waals surface area contributed by atoms with Gasteiger partial charge >= 0.3 is 0 Å². The Morgan fingerprint density at radius 3 is 2.65 bits per heavy atom. The lowest BCUT2D eigenvalue weighted by Crippen LogP contribution is -2.20. The summed E-state index contributed by atoms with van der Waals surface area (Å²) in [6.07, 6.45) is 1.17. The number of thioether (sulfide) groups is 1. The molecule has 0 spiro atoms. The normalized spacial score (nSPS) is 17.9. The van der Waals surface area contributed by atoms with Crippen LogP contribution in [-0.4, -0.2) is 27.5 Å². The maximum absolute atomic E-state index is 5.50. The second kappa shape index (κ2) is 6.11. The minimum absolute atomic E-state index is 0.476. The van der Waals surface area contributed by atoms with Gasteiger partial charge in [0.2, 0.25) is 0 Å². The molecule has 1 fully saturated rings. The number of hydrogen-bond donors (Lipinski definition) is 3. The molecule has 104 valence electrons. The van der Waals surface area contributed by atoms with Crippen LogP contribution in [0.15, 0.2) is 36.4 Å². The monoisotopic (exact) mass is 287 g/mol. The summed E-state index contributed by atoms with van der Waals surface area (Å²) in [6, 6.07) is 12.2. The molecule has 0 aliphatic carbocycles. The van der Waals surface area contributed by atoms with Crippen molar-refractivity contribution in [1.29, 1.82) is 0 Å². The molecule has 2 aromatic rings. The van der Waals surface area contributed by atoms with Crippen molar-refractivity contribution in [2.75, 3.05) is 22.2 Å². The van der Waals surface area contributed by atoms with E-state index in [2.05, 4.69) is 20.7 Å². The highest BCUT2D eigenvalue weighted by molar-refractivity contribution is 7.99. The van der Waals surface area contributed by atoms with Crippen LogP contribution >= 0.6 is 11.8 Å². The topological polar surface area (TPSA) is 75.9 Å². The van der Waals surface area contributed by atoms with Crippen molar-refractivity contribution >= 4 is 23.4 Å². The molecule has 6 heteroatoms. The van der Waals surface area contributed by atoms with Crippen LogP contribution in [0, 0.1) is 0 Å². The lowest BCUT2D eigenvalue weighted by atomic mass is 10.2. The number of nitrogen functional groups attached to an aromatic ring is 1. The molecule has 4 N–H and O–H groups in total. The Hall–Kier alpha value is -1.79. The van der Waals surface area contributed by atoms with Crippen LogP contribution in [0.5, 0.6) is 0 Å². The number of rotatable bonds is 4. The third-order valence-electron chi connectivity index (χ3n) is 3.19. The Morgan fingerprint density at radius 1 is 1.15 bits per heavy atom. The number of hydrazine groups is 1. The van der Waals surface area contributed by atoms with E-state index in [9.17, 15) is 0 Å². The number of nitrogens with zero attached hydrogens (tertiary/aromatic N) is 2. The molecule has 20 heavy (non-hydrogen) atoms. The highest BCUT2D eigenvalue weighted by atomic mass is 32.2. The zero-order valence-corrected chi connectivity index (χ0v) is 11.9. The van der Waals surface area contributed by atoms with E-state index in [-0.39, 0.29) is 0 Å². The SMILES string of the molecule is NNc1cc(NC2CCSC2)nc(-c2ccccc2)n1. The molecule has 1 aliphatic rings. The zero-order chi connectivity index (χ0) is 13.8. The molecule has 2 heterocycles. The van der Waals surface area contributed by atoms with E-state index >= 15 is 0 Å². The van der Waals surface area contributed by atoms with Gasteiger partial charge in [0, 0.05) is 23.4 Å². The molecule has 3 rings (SSSR count). The number of aromatic nitrogens is 2. The molecule has 1 saturated heterocycles. The number of nitrogens with one attached hydrogen (secondary N) is 2. The first kappa shape index (κ1) is 13.2. The average Bonchev–Trinajstić information content (AvgIpc) is 3.00. The number of anilines is 2. The quantitative estimate of drug-likeness (QED) is 0.592. The molecule has 0 radical (unpaired) electrons. The van der Waals surface area contributed by atoms with Crippen LogP contribution in [-0.2, 0) is 0 Å². The van der Waals surface area contributed by atoms with Crippen LogP contribution in [0.25, 0.3) is 11.4 Å². The molecule has 1 aromatic heterocycles. The van der Waals surface area contributed by atoms with Gasteiger partial charge < -0.3 is 10.7 Å². The summed E-state index contributed by atoms with van der Waals surface area (Å²) in [5.41, 5.74) is 3.59. The maximum atomic E-state index is 5.50. The lowest BCUT2D eigenvalue weighted by Gasteiger charge is -2.14. The Kier molecular flexibility index (Phi) is 4.03. The van der Waals surface area contributed by atoms with Gasteiger partial charge in [-0.2, -0.15) is 11.8 Å². The van der Waals surface area contributed by atoms with Crippen molar-refractivity contribution in [3.05, 3.63) is 36.4 Å². The predicted molar refractivity (Wildman–Crippen MR) is 84.6 cm³/mol. The first-order valence-corrected chi connectivity index (χ1v) is 7.76. The predicted octanol–water partition coefficient (Wildman–Crippen LogP) is 2.35. The van der Waals surface area contributed by atoms with Crippen molar-refractivity contribution in [1.82, 2.24) is 9.97 Å². The van der Waals surface area contributed by atoms with Gasteiger partial charge in [-0.3, -0.25) is 0 Å². The summed E-state index contributed by atoms with van der Waals surface area (Å²) in [6.45, 7) is 0. The Labute approximate surface area is 122 Å². The minimum Gasteiger partial charge on any atom is -0.366 e. The first-order chi connectivity index (χ1) is 9.85. The van der Waals surface area contributed by atoms with Gasteiger partial charge in [-0.25, -0.2) is 15.8 Å². The van der Waals surface area contributed by atoms with Crippen molar-refractivity contribution in [2.24, 2.45) is 5.84 Å². The van der Waals surface area contributed by atoms with E-state index in [1.54, 1.807) is 0 Å². The van der Waals surface area contributed by atoms with Gasteiger partial charge in [-0.1, -0.05) is 30.3 Å². The molecule has 1 atom stereocenters. The maximum Gasteiger partial charge on any atom is 0.163 e. The molecule has 5 nitrogen and oxygen atoms in total. The average molecular weight is 287 g/mol. The lowest BCUT2D eigenvalue weighted by molar-refractivity contribution is 0.806. The molecule has 0 bridgehead atoms. The zero-order valence-electron chi connectivity index (χ0n) is 11.0. The number of nitrogens with two attached hydrogens (primary N) is 1. The number of hydrogen-bond acceptors (Lipinski definition) is 6. The molecular weight excluding hydrogens is 270 g/mol. The second-order valence-corrected chi connectivity index (χ2v) is 5.83. The van der Waals surface area contributed by atoms with Gasteiger partial charge in [0.1, 0.15) is 11.6 Å². The Morgan fingerprint density at radius 2 is 1.95 bits per heavy atom. The molecule has 1 unspecified atom stereocenters. The van der Waals surface area contributed by atoms with Crippen LogP contribution in [0.2, 0.25) is 0 Å². The molecular formula is C14H17N5S. The van der Waals surface area contributed by atoms with Crippen molar-refractivity contribution < 1.29 is 0 Å². The highest BCUT2D eigenvalue weighted by Gasteiger charge is 2.16. The van der Waals surface area contributed by atoms with E-state index in [1.807, 2.05) is 48.2 Å². The van der Waals surface area contributed by atoms with E-state index in [4.69, 9.17) is 5.84 Å². The van der Waals surface area contributed by atoms with E-state index < -0.39 is 0 Å².